The molecule has 0 atom stereocenters. The highest BCUT2D eigenvalue weighted by Crippen LogP contribution is 2.32. The van der Waals surface area contributed by atoms with Crippen LogP contribution >= 0.6 is 0 Å². The molecule has 6 aromatic rings. The Labute approximate surface area is 279 Å². The zero-order valence-corrected chi connectivity index (χ0v) is 26.9. The monoisotopic (exact) mass is 618 g/mol. The van der Waals surface area contributed by atoms with Crippen molar-refractivity contribution >= 4 is 0 Å². The molecule has 236 valence electrons. The Bertz CT molecular complexity index is 1650. The lowest BCUT2D eigenvalue weighted by Gasteiger charge is -2.17. The molecular formula is C44H42O3. The zero-order chi connectivity index (χ0) is 31.9. The molecule has 0 amide bonds. The van der Waals surface area contributed by atoms with E-state index in [1.165, 1.54) is 33.4 Å². The third-order valence-electron chi connectivity index (χ3n) is 8.23. The van der Waals surface area contributed by atoms with Gasteiger partial charge in [-0.25, -0.2) is 0 Å². The summed E-state index contributed by atoms with van der Waals surface area (Å²) < 4.78 is 19.0. The average molecular weight is 619 g/mol. The van der Waals surface area contributed by atoms with Crippen molar-refractivity contribution in [1.82, 2.24) is 0 Å². The first-order chi connectivity index (χ1) is 23.3. The smallest absolute Gasteiger partial charge is 0.130 e. The van der Waals surface area contributed by atoms with Crippen molar-refractivity contribution in [3.8, 4) is 11.5 Å². The van der Waals surface area contributed by atoms with Crippen LogP contribution in [0.4, 0.5) is 0 Å². The van der Waals surface area contributed by atoms with Crippen LogP contribution in [-0.2, 0) is 48.4 Å². The molecule has 0 spiro atoms. The molecule has 0 aromatic heterocycles. The second-order valence-corrected chi connectivity index (χ2v) is 11.9. The van der Waals surface area contributed by atoms with Crippen LogP contribution in [0.3, 0.4) is 0 Å². The lowest BCUT2D eigenvalue weighted by atomic mass is 10.00. The van der Waals surface area contributed by atoms with Crippen LogP contribution in [0.2, 0.25) is 0 Å². The lowest BCUT2D eigenvalue weighted by Crippen LogP contribution is -2.04. The minimum atomic E-state index is 0.594. The molecular weight excluding hydrogens is 576 g/mol. The van der Waals surface area contributed by atoms with E-state index in [-0.39, 0.29) is 0 Å². The second-order valence-electron chi connectivity index (χ2n) is 11.9. The van der Waals surface area contributed by atoms with E-state index >= 15 is 0 Å². The molecule has 6 aromatic carbocycles. The van der Waals surface area contributed by atoms with Crippen molar-refractivity contribution in [2.45, 2.75) is 38.9 Å². The average Bonchev–Trinajstić information content (AvgIpc) is 3.12. The number of benzene rings is 6. The van der Waals surface area contributed by atoms with Gasteiger partial charge in [-0.05, 0) is 82.3 Å². The van der Waals surface area contributed by atoms with Crippen molar-refractivity contribution in [3.63, 3.8) is 0 Å². The Kier molecular flexibility index (Phi) is 11.6. The fraction of sp³-hybridized carbons (Fsp3) is 0.182. The predicted octanol–water partition coefficient (Wildman–Crippen LogP) is 10.2. The molecule has 0 aliphatic carbocycles. The van der Waals surface area contributed by atoms with Gasteiger partial charge in [0.05, 0.1) is 26.4 Å². The summed E-state index contributed by atoms with van der Waals surface area (Å²) in [5, 5.41) is 0. The van der Waals surface area contributed by atoms with E-state index in [2.05, 4.69) is 121 Å². The summed E-state index contributed by atoms with van der Waals surface area (Å²) in [6, 6.07) is 55.0. The number of hydrogen-bond donors (Lipinski definition) is 0. The standard InChI is InChI=1S/C44H42O3/c1-5-13-35(14-6-1)29-39-21-23-43(41(31-39)25-27-45-33-37-17-9-3-10-18-37)47-44-24-22-40(30-36-15-7-2-8-16-36)32-42(44)26-28-46-34-38-19-11-4-12-20-38/h1-24,31-32H,25-30,33-34H2. The Morgan fingerprint density at radius 3 is 1.09 bits per heavy atom. The summed E-state index contributed by atoms with van der Waals surface area (Å²) in [5.74, 6) is 1.74. The normalized spacial score (nSPS) is 11.0. The van der Waals surface area contributed by atoms with E-state index in [0.29, 0.717) is 26.4 Å². The van der Waals surface area contributed by atoms with Crippen molar-refractivity contribution in [2.75, 3.05) is 13.2 Å². The highest BCUT2D eigenvalue weighted by Gasteiger charge is 2.13. The molecule has 0 aliphatic heterocycles. The van der Waals surface area contributed by atoms with Crippen LogP contribution in [0.15, 0.2) is 158 Å². The van der Waals surface area contributed by atoms with Gasteiger partial charge in [-0.1, -0.05) is 146 Å². The van der Waals surface area contributed by atoms with Crippen LogP contribution < -0.4 is 4.74 Å². The summed E-state index contributed by atoms with van der Waals surface area (Å²) in [6.45, 7) is 2.40. The minimum Gasteiger partial charge on any atom is -0.457 e. The zero-order valence-electron chi connectivity index (χ0n) is 26.9. The van der Waals surface area contributed by atoms with Gasteiger partial charge in [-0.2, -0.15) is 0 Å². The number of hydrogen-bond acceptors (Lipinski definition) is 3. The predicted molar refractivity (Wildman–Crippen MR) is 191 cm³/mol. The van der Waals surface area contributed by atoms with Gasteiger partial charge in [0.15, 0.2) is 0 Å². The Hall–Kier alpha value is -4.96. The maximum Gasteiger partial charge on any atom is 0.130 e. The van der Waals surface area contributed by atoms with E-state index < -0.39 is 0 Å². The quantitative estimate of drug-likeness (QED) is 0.101. The van der Waals surface area contributed by atoms with Gasteiger partial charge in [0.25, 0.3) is 0 Å². The van der Waals surface area contributed by atoms with E-state index in [1.807, 2.05) is 36.4 Å². The fourth-order valence-corrected chi connectivity index (χ4v) is 5.75. The summed E-state index contributed by atoms with van der Waals surface area (Å²) >= 11 is 0. The number of rotatable bonds is 16. The van der Waals surface area contributed by atoms with Gasteiger partial charge in [-0.15, -0.1) is 0 Å². The molecule has 3 heteroatoms. The Morgan fingerprint density at radius 1 is 0.340 bits per heavy atom. The molecule has 47 heavy (non-hydrogen) atoms. The third kappa shape index (κ3) is 10.0. The topological polar surface area (TPSA) is 27.7 Å². The maximum atomic E-state index is 6.77. The SMILES string of the molecule is c1ccc(COCCc2cc(Cc3ccccc3)ccc2Oc2ccc(Cc3ccccc3)cc2CCOCc2ccccc2)cc1. The van der Waals surface area contributed by atoms with Gasteiger partial charge in [0.2, 0.25) is 0 Å². The van der Waals surface area contributed by atoms with Crippen LogP contribution in [0.5, 0.6) is 11.5 Å². The van der Waals surface area contributed by atoms with Crippen LogP contribution in [0.25, 0.3) is 0 Å². The first kappa shape index (κ1) is 32.0. The van der Waals surface area contributed by atoms with Crippen molar-refractivity contribution in [3.05, 3.63) is 202 Å². The molecule has 3 nitrogen and oxygen atoms in total. The molecule has 0 aliphatic rings. The maximum absolute atomic E-state index is 6.77. The molecule has 0 N–H and O–H groups in total. The second kappa shape index (κ2) is 17.1. The van der Waals surface area contributed by atoms with Gasteiger partial charge < -0.3 is 14.2 Å². The highest BCUT2D eigenvalue weighted by molar-refractivity contribution is 5.46. The van der Waals surface area contributed by atoms with Gasteiger partial charge in [0, 0.05) is 0 Å². The van der Waals surface area contributed by atoms with E-state index in [4.69, 9.17) is 14.2 Å². The van der Waals surface area contributed by atoms with Crippen LogP contribution in [0, 0.1) is 0 Å². The fourth-order valence-electron chi connectivity index (χ4n) is 5.75. The summed E-state index contributed by atoms with van der Waals surface area (Å²) in [6.07, 6.45) is 3.26. The van der Waals surface area contributed by atoms with Crippen LogP contribution in [0.1, 0.15) is 44.5 Å². The summed E-state index contributed by atoms with van der Waals surface area (Å²) in [5.41, 5.74) is 9.74. The van der Waals surface area contributed by atoms with E-state index in [9.17, 15) is 0 Å². The minimum absolute atomic E-state index is 0.594. The van der Waals surface area contributed by atoms with Gasteiger partial charge in [0.1, 0.15) is 11.5 Å². The van der Waals surface area contributed by atoms with Crippen molar-refractivity contribution < 1.29 is 14.2 Å². The summed E-state index contributed by atoms with van der Waals surface area (Å²) in [7, 11) is 0. The first-order valence-electron chi connectivity index (χ1n) is 16.5. The number of ether oxygens (including phenoxy) is 3. The largest absolute Gasteiger partial charge is 0.457 e. The third-order valence-corrected chi connectivity index (χ3v) is 8.23. The lowest BCUT2D eigenvalue weighted by molar-refractivity contribution is 0.123. The molecule has 0 saturated carbocycles. The molecule has 0 radical (unpaired) electrons. The van der Waals surface area contributed by atoms with E-state index in [0.717, 1.165) is 48.3 Å². The van der Waals surface area contributed by atoms with E-state index in [1.54, 1.807) is 0 Å². The Morgan fingerprint density at radius 2 is 0.702 bits per heavy atom. The van der Waals surface area contributed by atoms with Crippen molar-refractivity contribution in [2.24, 2.45) is 0 Å². The first-order valence-corrected chi connectivity index (χ1v) is 16.5. The van der Waals surface area contributed by atoms with Gasteiger partial charge in [-0.3, -0.25) is 0 Å². The van der Waals surface area contributed by atoms with Gasteiger partial charge >= 0.3 is 0 Å². The molecule has 0 heterocycles. The molecule has 6 rings (SSSR count). The highest BCUT2D eigenvalue weighted by atomic mass is 16.5. The molecule has 0 bridgehead atoms. The molecule has 0 fully saturated rings. The molecule has 0 saturated heterocycles. The van der Waals surface area contributed by atoms with Crippen LogP contribution in [-0.4, -0.2) is 13.2 Å². The van der Waals surface area contributed by atoms with Crippen molar-refractivity contribution in [1.29, 1.82) is 0 Å². The molecule has 0 unspecified atom stereocenters. The Balaban J connectivity index is 1.21. The summed E-state index contributed by atoms with van der Waals surface area (Å²) in [4.78, 5) is 0.